The van der Waals surface area contributed by atoms with Crippen LogP contribution < -0.4 is 10.6 Å². The number of rotatable bonds is 6. The predicted molar refractivity (Wildman–Crippen MR) is 118 cm³/mol. The van der Waals surface area contributed by atoms with Gasteiger partial charge < -0.3 is 10.6 Å². The van der Waals surface area contributed by atoms with E-state index in [-0.39, 0.29) is 36.3 Å². The van der Waals surface area contributed by atoms with Crippen molar-refractivity contribution in [3.8, 4) is 0 Å². The average molecular weight is 541 g/mol. The van der Waals surface area contributed by atoms with E-state index in [1.807, 2.05) is 13.8 Å². The first-order chi connectivity index (χ1) is 11.5. The van der Waals surface area contributed by atoms with Crippen molar-refractivity contribution >= 4 is 57.2 Å². The van der Waals surface area contributed by atoms with Gasteiger partial charge in [0.2, 0.25) is 0 Å². The van der Waals surface area contributed by atoms with Gasteiger partial charge >= 0.3 is 0 Å². The predicted octanol–water partition coefficient (Wildman–Crippen LogP) is 4.58. The number of hydrogen-bond acceptors (Lipinski definition) is 3. The lowest BCUT2D eigenvalue weighted by Crippen LogP contribution is -2.38. The average Bonchev–Trinajstić information content (AvgIpc) is 2.86. The molecule has 0 saturated carbocycles. The standard InChI is InChI=1S/C17H22BrFN4S.HI/c1-4-20-17(21-8-7-16-23-11(2)12(3)24-16)22-10-13-9-14(18)5-6-15(13)19;/h5-6,9H,4,7-8,10H2,1-3H3,(H2,20,21,22);1H. The molecule has 0 fully saturated rings. The second-order valence-electron chi connectivity index (χ2n) is 5.36. The van der Waals surface area contributed by atoms with E-state index in [1.54, 1.807) is 23.5 Å². The number of aromatic nitrogens is 1. The minimum absolute atomic E-state index is 0. The van der Waals surface area contributed by atoms with E-state index in [0.717, 1.165) is 34.7 Å². The number of thiazole rings is 1. The van der Waals surface area contributed by atoms with Gasteiger partial charge in [-0.15, -0.1) is 35.3 Å². The molecule has 0 aliphatic rings. The zero-order valence-corrected chi connectivity index (χ0v) is 19.3. The summed E-state index contributed by atoms with van der Waals surface area (Å²) in [5, 5.41) is 7.57. The quantitative estimate of drug-likeness (QED) is 0.320. The molecule has 2 N–H and O–H groups in total. The first-order valence-electron chi connectivity index (χ1n) is 7.88. The van der Waals surface area contributed by atoms with Crippen molar-refractivity contribution in [2.45, 2.75) is 33.7 Å². The minimum atomic E-state index is -0.244. The van der Waals surface area contributed by atoms with Crippen molar-refractivity contribution < 1.29 is 4.39 Å². The van der Waals surface area contributed by atoms with Crippen LogP contribution in [0.1, 0.15) is 28.1 Å². The van der Waals surface area contributed by atoms with Crippen LogP contribution in [0.25, 0.3) is 0 Å². The number of nitrogens with one attached hydrogen (secondary N) is 2. The van der Waals surface area contributed by atoms with E-state index >= 15 is 0 Å². The monoisotopic (exact) mass is 540 g/mol. The summed E-state index contributed by atoms with van der Waals surface area (Å²) >= 11 is 5.08. The van der Waals surface area contributed by atoms with Gasteiger partial charge in [0.05, 0.1) is 17.2 Å². The van der Waals surface area contributed by atoms with Crippen LogP contribution in [0.3, 0.4) is 0 Å². The van der Waals surface area contributed by atoms with Crippen LogP contribution in [0.5, 0.6) is 0 Å². The Bertz CT molecular complexity index is 701. The lowest BCUT2D eigenvalue weighted by molar-refractivity contribution is 0.610. The lowest BCUT2D eigenvalue weighted by atomic mass is 10.2. The fourth-order valence-corrected chi connectivity index (χ4v) is 3.45. The van der Waals surface area contributed by atoms with Gasteiger partial charge in [0.15, 0.2) is 5.96 Å². The van der Waals surface area contributed by atoms with Crippen LogP contribution >= 0.6 is 51.2 Å². The molecule has 4 nitrogen and oxygen atoms in total. The van der Waals surface area contributed by atoms with Gasteiger partial charge in [0, 0.05) is 34.4 Å². The molecule has 1 aromatic carbocycles. The Morgan fingerprint density at radius 1 is 1.32 bits per heavy atom. The summed E-state index contributed by atoms with van der Waals surface area (Å²) in [6, 6.07) is 4.88. The Labute approximate surface area is 177 Å². The zero-order chi connectivity index (χ0) is 17.5. The fraction of sp³-hybridized carbons (Fsp3) is 0.412. The van der Waals surface area contributed by atoms with E-state index in [4.69, 9.17) is 0 Å². The lowest BCUT2D eigenvalue weighted by Gasteiger charge is -2.11. The molecule has 138 valence electrons. The van der Waals surface area contributed by atoms with E-state index in [2.05, 4.69) is 43.5 Å². The van der Waals surface area contributed by atoms with E-state index in [0.29, 0.717) is 11.5 Å². The van der Waals surface area contributed by atoms with E-state index in [9.17, 15) is 4.39 Å². The topological polar surface area (TPSA) is 49.3 Å². The van der Waals surface area contributed by atoms with E-state index < -0.39 is 0 Å². The summed E-state index contributed by atoms with van der Waals surface area (Å²) in [6.07, 6.45) is 0.842. The third-order valence-electron chi connectivity index (χ3n) is 3.46. The number of halogens is 3. The highest BCUT2D eigenvalue weighted by Crippen LogP contribution is 2.17. The first kappa shape index (κ1) is 22.3. The summed E-state index contributed by atoms with van der Waals surface area (Å²) in [7, 11) is 0. The van der Waals surface area contributed by atoms with Gasteiger partial charge in [-0.1, -0.05) is 15.9 Å². The Kier molecular flexibility index (Phi) is 9.88. The van der Waals surface area contributed by atoms with Gasteiger partial charge in [-0.3, -0.25) is 0 Å². The number of nitrogens with zero attached hydrogens (tertiary/aromatic N) is 2. The Morgan fingerprint density at radius 2 is 2.08 bits per heavy atom. The van der Waals surface area contributed by atoms with Gasteiger partial charge in [-0.2, -0.15) is 0 Å². The molecule has 25 heavy (non-hydrogen) atoms. The normalized spacial score (nSPS) is 11.2. The second-order valence-corrected chi connectivity index (χ2v) is 7.56. The van der Waals surface area contributed by atoms with Crippen LogP contribution in [0.2, 0.25) is 0 Å². The summed E-state index contributed by atoms with van der Waals surface area (Å²) < 4.78 is 14.6. The molecule has 0 aliphatic carbocycles. The molecule has 8 heteroatoms. The highest BCUT2D eigenvalue weighted by Gasteiger charge is 2.05. The van der Waals surface area contributed by atoms with Crippen LogP contribution in [-0.2, 0) is 13.0 Å². The highest BCUT2D eigenvalue weighted by atomic mass is 127. The molecular weight excluding hydrogens is 518 g/mol. The molecule has 0 bridgehead atoms. The molecule has 1 heterocycles. The van der Waals surface area contributed by atoms with Crippen molar-refractivity contribution in [2.24, 2.45) is 4.99 Å². The third-order valence-corrected chi connectivity index (χ3v) is 5.09. The molecule has 2 rings (SSSR count). The van der Waals surface area contributed by atoms with Crippen LogP contribution in [-0.4, -0.2) is 24.0 Å². The van der Waals surface area contributed by atoms with Crippen molar-refractivity contribution in [1.29, 1.82) is 0 Å². The molecule has 0 spiro atoms. The molecule has 0 unspecified atom stereocenters. The van der Waals surface area contributed by atoms with Gasteiger partial charge in [0.1, 0.15) is 5.82 Å². The maximum absolute atomic E-state index is 13.8. The minimum Gasteiger partial charge on any atom is -0.357 e. The fourth-order valence-electron chi connectivity index (χ4n) is 2.10. The van der Waals surface area contributed by atoms with Crippen molar-refractivity contribution in [1.82, 2.24) is 15.6 Å². The van der Waals surface area contributed by atoms with Gasteiger partial charge in [-0.05, 0) is 39.0 Å². The molecule has 0 radical (unpaired) electrons. The molecule has 0 atom stereocenters. The molecule has 0 amide bonds. The molecule has 0 saturated heterocycles. The number of hydrogen-bond donors (Lipinski definition) is 2. The van der Waals surface area contributed by atoms with Crippen LogP contribution in [0.4, 0.5) is 4.39 Å². The molecule has 0 aliphatic heterocycles. The van der Waals surface area contributed by atoms with Gasteiger partial charge in [0.25, 0.3) is 0 Å². The number of aryl methyl sites for hydroxylation is 2. The maximum atomic E-state index is 13.8. The first-order valence-corrected chi connectivity index (χ1v) is 9.49. The smallest absolute Gasteiger partial charge is 0.191 e. The molecular formula is C17H23BrFIN4S. The van der Waals surface area contributed by atoms with Crippen LogP contribution in [0, 0.1) is 19.7 Å². The number of guanidine groups is 1. The molecule has 2 aromatic rings. The van der Waals surface area contributed by atoms with Crippen molar-refractivity contribution in [2.75, 3.05) is 13.1 Å². The third kappa shape index (κ3) is 7.18. The number of benzene rings is 1. The number of aliphatic imine (C=N–C) groups is 1. The SMILES string of the molecule is CCNC(=NCc1cc(Br)ccc1F)NCCc1nc(C)c(C)s1.I. The Hall–Kier alpha value is -0.740. The van der Waals surface area contributed by atoms with Crippen molar-refractivity contribution in [3.05, 3.63) is 49.6 Å². The van der Waals surface area contributed by atoms with Crippen LogP contribution in [0.15, 0.2) is 27.7 Å². The van der Waals surface area contributed by atoms with Crippen molar-refractivity contribution in [3.63, 3.8) is 0 Å². The zero-order valence-electron chi connectivity index (χ0n) is 14.5. The second kappa shape index (κ2) is 11.1. The summed E-state index contributed by atoms with van der Waals surface area (Å²) in [4.78, 5) is 10.2. The van der Waals surface area contributed by atoms with E-state index in [1.165, 1.54) is 10.9 Å². The van der Waals surface area contributed by atoms with Gasteiger partial charge in [-0.25, -0.2) is 14.4 Å². The maximum Gasteiger partial charge on any atom is 0.191 e. The summed E-state index contributed by atoms with van der Waals surface area (Å²) in [5.41, 5.74) is 1.66. The Morgan fingerprint density at radius 3 is 2.72 bits per heavy atom. The highest BCUT2D eigenvalue weighted by molar-refractivity contribution is 14.0. The molecule has 1 aromatic heterocycles. The summed E-state index contributed by atoms with van der Waals surface area (Å²) in [5.74, 6) is 0.438. The summed E-state index contributed by atoms with van der Waals surface area (Å²) in [6.45, 7) is 7.89. The largest absolute Gasteiger partial charge is 0.357 e. The Balaban J connectivity index is 0.00000312.